The predicted molar refractivity (Wildman–Crippen MR) is 106 cm³/mol. The Kier molecular flexibility index (Phi) is 4.30. The number of aryl methyl sites for hydroxylation is 1. The molecule has 0 atom stereocenters. The Morgan fingerprint density at radius 2 is 1.90 bits per heavy atom. The number of aromatic nitrogens is 2. The summed E-state index contributed by atoms with van der Waals surface area (Å²) >= 11 is 0. The number of benzene rings is 1. The molecule has 2 aliphatic carbocycles. The van der Waals surface area contributed by atoms with Gasteiger partial charge in [-0.15, -0.1) is 0 Å². The van der Waals surface area contributed by atoms with Crippen LogP contribution in [0.4, 0.5) is 0 Å². The maximum Gasteiger partial charge on any atom is 0.257 e. The van der Waals surface area contributed by atoms with Crippen LogP contribution in [0.25, 0.3) is 11.1 Å². The normalized spacial score (nSPS) is 16.0. The number of hydrogen-bond donors (Lipinski definition) is 1. The third-order valence-corrected chi connectivity index (χ3v) is 5.49. The number of fused-ring (bicyclic) bond motifs is 1. The molecule has 1 aromatic carbocycles. The van der Waals surface area contributed by atoms with Crippen LogP contribution in [0.3, 0.4) is 0 Å². The molecule has 148 valence electrons. The summed E-state index contributed by atoms with van der Waals surface area (Å²) in [7, 11) is 0. The maximum atomic E-state index is 13.2. The predicted octanol–water partition coefficient (Wildman–Crippen LogP) is 3.23. The lowest BCUT2D eigenvalue weighted by molar-refractivity contribution is 0.0729. The molecule has 2 saturated carbocycles. The van der Waals surface area contributed by atoms with Crippen molar-refractivity contribution in [2.75, 3.05) is 0 Å². The standard InChI is InChI=1S/C22H22N4O3/c1-13-19-10-16(11-23-21(19)29-25-13)22(28)26(18-8-9-18)12-14-2-4-15(5-3-14)20(27)24-17-6-7-17/h2-5,10-11,17-18H,6-9,12H2,1H3,(H,24,27). The van der Waals surface area contributed by atoms with Crippen LogP contribution in [0.2, 0.25) is 0 Å². The van der Waals surface area contributed by atoms with Gasteiger partial charge in [-0.3, -0.25) is 9.59 Å². The number of nitrogens with one attached hydrogen (secondary N) is 1. The molecule has 0 spiro atoms. The number of amides is 2. The van der Waals surface area contributed by atoms with Crippen molar-refractivity contribution in [3.05, 3.63) is 58.9 Å². The monoisotopic (exact) mass is 390 g/mol. The number of carbonyl (C=O) groups excluding carboxylic acids is 2. The summed E-state index contributed by atoms with van der Waals surface area (Å²) in [5.74, 6) is -0.0734. The van der Waals surface area contributed by atoms with E-state index in [-0.39, 0.29) is 17.9 Å². The highest BCUT2D eigenvalue weighted by atomic mass is 16.5. The lowest BCUT2D eigenvalue weighted by Gasteiger charge is -2.22. The van der Waals surface area contributed by atoms with E-state index in [1.165, 1.54) is 0 Å². The largest absolute Gasteiger partial charge is 0.349 e. The number of carbonyl (C=O) groups is 2. The first-order valence-corrected chi connectivity index (χ1v) is 10.0. The number of pyridine rings is 1. The molecule has 0 unspecified atom stereocenters. The minimum atomic E-state index is -0.0435. The fraction of sp³-hybridized carbons (Fsp3) is 0.364. The Bertz CT molecular complexity index is 1080. The zero-order chi connectivity index (χ0) is 20.0. The third kappa shape index (κ3) is 3.72. The smallest absolute Gasteiger partial charge is 0.257 e. The van der Waals surface area contributed by atoms with Gasteiger partial charge < -0.3 is 14.7 Å². The van der Waals surface area contributed by atoms with Gasteiger partial charge in [0.2, 0.25) is 0 Å². The molecule has 3 aromatic rings. The summed E-state index contributed by atoms with van der Waals surface area (Å²) < 4.78 is 5.14. The lowest BCUT2D eigenvalue weighted by atomic mass is 10.1. The van der Waals surface area contributed by atoms with E-state index in [1.807, 2.05) is 36.1 Å². The van der Waals surface area contributed by atoms with E-state index in [4.69, 9.17) is 4.52 Å². The number of rotatable bonds is 6. The van der Waals surface area contributed by atoms with E-state index in [0.717, 1.165) is 42.3 Å². The van der Waals surface area contributed by atoms with Gasteiger partial charge in [0.1, 0.15) is 0 Å². The topological polar surface area (TPSA) is 88.3 Å². The molecule has 7 nitrogen and oxygen atoms in total. The van der Waals surface area contributed by atoms with E-state index < -0.39 is 0 Å². The van der Waals surface area contributed by atoms with Crippen molar-refractivity contribution in [1.82, 2.24) is 20.4 Å². The highest BCUT2D eigenvalue weighted by Crippen LogP contribution is 2.30. The minimum absolute atomic E-state index is 0.0300. The average Bonchev–Trinajstić information content (AvgIpc) is 3.66. The summed E-state index contributed by atoms with van der Waals surface area (Å²) in [6.07, 6.45) is 5.70. The van der Waals surface area contributed by atoms with E-state index in [0.29, 0.717) is 29.4 Å². The van der Waals surface area contributed by atoms with Crippen molar-refractivity contribution in [2.45, 2.75) is 51.2 Å². The molecular weight excluding hydrogens is 368 g/mol. The molecule has 2 aliphatic rings. The molecule has 7 heteroatoms. The lowest BCUT2D eigenvalue weighted by Crippen LogP contribution is -2.32. The molecule has 0 bridgehead atoms. The SMILES string of the molecule is Cc1noc2ncc(C(=O)N(Cc3ccc(C(=O)NC4CC4)cc3)C3CC3)cc12. The molecule has 5 rings (SSSR count). The van der Waals surface area contributed by atoms with Crippen LogP contribution >= 0.6 is 0 Å². The quantitative estimate of drug-likeness (QED) is 0.698. The van der Waals surface area contributed by atoms with E-state index in [9.17, 15) is 9.59 Å². The van der Waals surface area contributed by atoms with E-state index in [2.05, 4.69) is 15.5 Å². The number of nitrogens with zero attached hydrogens (tertiary/aromatic N) is 3. The first kappa shape index (κ1) is 17.8. The first-order chi connectivity index (χ1) is 14.1. The molecule has 29 heavy (non-hydrogen) atoms. The van der Waals surface area contributed by atoms with Gasteiger partial charge in [-0.25, -0.2) is 4.98 Å². The highest BCUT2D eigenvalue weighted by molar-refractivity contribution is 5.97. The van der Waals surface area contributed by atoms with Gasteiger partial charge in [0.05, 0.1) is 16.6 Å². The fourth-order valence-corrected chi connectivity index (χ4v) is 3.44. The summed E-state index contributed by atoms with van der Waals surface area (Å²) in [5.41, 5.74) is 3.36. The van der Waals surface area contributed by atoms with Gasteiger partial charge in [0.15, 0.2) is 0 Å². The second-order valence-electron chi connectivity index (χ2n) is 7.95. The molecule has 1 N–H and O–H groups in total. The zero-order valence-electron chi connectivity index (χ0n) is 16.2. The van der Waals surface area contributed by atoms with Crippen LogP contribution in [0, 0.1) is 6.92 Å². The van der Waals surface area contributed by atoms with Crippen molar-refractivity contribution in [3.63, 3.8) is 0 Å². The molecule has 0 saturated heterocycles. The third-order valence-electron chi connectivity index (χ3n) is 5.49. The molecule has 2 aromatic heterocycles. The zero-order valence-corrected chi connectivity index (χ0v) is 16.2. The van der Waals surface area contributed by atoms with Crippen molar-refractivity contribution in [3.8, 4) is 0 Å². The summed E-state index contributed by atoms with van der Waals surface area (Å²) in [6, 6.07) is 9.90. The van der Waals surface area contributed by atoms with Gasteiger partial charge in [-0.1, -0.05) is 17.3 Å². The Morgan fingerprint density at radius 1 is 1.14 bits per heavy atom. The molecule has 2 amide bonds. The highest BCUT2D eigenvalue weighted by Gasteiger charge is 2.33. The van der Waals surface area contributed by atoms with Gasteiger partial charge in [-0.2, -0.15) is 0 Å². The van der Waals surface area contributed by atoms with Crippen molar-refractivity contribution in [1.29, 1.82) is 0 Å². The Morgan fingerprint density at radius 3 is 2.59 bits per heavy atom. The minimum Gasteiger partial charge on any atom is -0.349 e. The molecule has 0 radical (unpaired) electrons. The average molecular weight is 390 g/mol. The van der Waals surface area contributed by atoms with Crippen molar-refractivity contribution < 1.29 is 14.1 Å². The summed E-state index contributed by atoms with van der Waals surface area (Å²) in [6.45, 7) is 2.34. The Labute approximate surface area is 168 Å². The second-order valence-corrected chi connectivity index (χ2v) is 7.95. The van der Waals surface area contributed by atoms with Crippen molar-refractivity contribution >= 4 is 22.9 Å². The van der Waals surface area contributed by atoms with Gasteiger partial charge in [-0.05, 0) is 56.4 Å². The van der Waals surface area contributed by atoms with Crippen LogP contribution in [0.1, 0.15) is 57.7 Å². The molecule has 2 fully saturated rings. The fourth-order valence-electron chi connectivity index (χ4n) is 3.44. The van der Waals surface area contributed by atoms with Crippen LogP contribution in [-0.2, 0) is 6.54 Å². The van der Waals surface area contributed by atoms with Crippen LogP contribution < -0.4 is 5.32 Å². The molecule has 2 heterocycles. The molecular formula is C22H22N4O3. The van der Waals surface area contributed by atoms with Crippen LogP contribution in [-0.4, -0.2) is 38.9 Å². The Hall–Kier alpha value is -3.22. The summed E-state index contributed by atoms with van der Waals surface area (Å²) in [5, 5.41) is 7.66. The van der Waals surface area contributed by atoms with Crippen LogP contribution in [0.15, 0.2) is 41.1 Å². The van der Waals surface area contributed by atoms with Gasteiger partial charge in [0.25, 0.3) is 17.5 Å². The first-order valence-electron chi connectivity index (χ1n) is 10.0. The maximum absolute atomic E-state index is 13.2. The van der Waals surface area contributed by atoms with E-state index >= 15 is 0 Å². The Balaban J connectivity index is 1.33. The second kappa shape index (κ2) is 6.99. The van der Waals surface area contributed by atoms with Gasteiger partial charge >= 0.3 is 0 Å². The molecule has 0 aliphatic heterocycles. The number of hydrogen-bond acceptors (Lipinski definition) is 5. The van der Waals surface area contributed by atoms with Crippen molar-refractivity contribution in [2.24, 2.45) is 0 Å². The van der Waals surface area contributed by atoms with Crippen LogP contribution in [0.5, 0.6) is 0 Å². The summed E-state index contributed by atoms with van der Waals surface area (Å²) in [4.78, 5) is 31.5. The van der Waals surface area contributed by atoms with Gasteiger partial charge in [0, 0.05) is 30.4 Å². The van der Waals surface area contributed by atoms with E-state index in [1.54, 1.807) is 12.3 Å².